The summed E-state index contributed by atoms with van der Waals surface area (Å²) in [5.41, 5.74) is 1.14. The van der Waals surface area contributed by atoms with Crippen molar-refractivity contribution in [3.8, 4) is 28.0 Å². The number of aromatic hydroxyl groups is 1. The maximum absolute atomic E-state index is 14.6. The molecule has 351 valence electrons. The van der Waals surface area contributed by atoms with Gasteiger partial charge < -0.3 is 18.7 Å². The predicted octanol–water partition coefficient (Wildman–Crippen LogP) is 13.0. The molecule has 1 atom stereocenters. The van der Waals surface area contributed by atoms with E-state index in [0.29, 0.717) is 0 Å². The average molecular weight is 1110 g/mol. The molecule has 1 heterocycles. The summed E-state index contributed by atoms with van der Waals surface area (Å²) < 4.78 is 70.4. The molecule has 70 heavy (non-hydrogen) atoms. The number of alkyl halides is 3. The Kier molecular flexibility index (Phi) is 18.2. The maximum Gasteiger partial charge on any atom is 0.455 e. The van der Waals surface area contributed by atoms with Crippen molar-refractivity contribution >= 4 is 57.6 Å². The summed E-state index contributed by atoms with van der Waals surface area (Å²) in [4.78, 5) is 22.3. The number of halogens is 3. The molecule has 6 nitrogen and oxygen atoms in total. The number of hydrogen-bond donors (Lipinski definition) is 1. The van der Waals surface area contributed by atoms with Crippen molar-refractivity contribution in [2.24, 2.45) is 0 Å². The molecule has 1 aromatic heterocycles. The van der Waals surface area contributed by atoms with Crippen LogP contribution in [0.15, 0.2) is 258 Å². The molecule has 1 radical (unpaired) electrons. The SMILES string of the molecule is C=C/C(=C\C)P(=O)(c1ccccc1)c1ccccc1-c1ccccc1.O=C(c1c(O)c2ccccc2oc1=O)C(F)(F)F.O=P(c1ccccc1)(c1ccccc1)c1ccccc1-c1ccccc1.[Eu]. The van der Waals surface area contributed by atoms with Crippen LogP contribution < -0.4 is 32.1 Å². The van der Waals surface area contributed by atoms with E-state index in [-0.39, 0.29) is 60.3 Å². The first-order valence-corrected chi connectivity index (χ1v) is 25.1. The first kappa shape index (κ1) is 53.1. The maximum atomic E-state index is 14.6. The number of carbonyl (C=O) groups excluding carboxylic acids is 1. The van der Waals surface area contributed by atoms with Gasteiger partial charge in [-0.1, -0.05) is 231 Å². The number of fused-ring (bicyclic) bond motifs is 1. The van der Waals surface area contributed by atoms with Crippen LogP contribution in [0.3, 0.4) is 0 Å². The number of ketones is 1. The van der Waals surface area contributed by atoms with Gasteiger partial charge in [-0.25, -0.2) is 4.79 Å². The number of allylic oxidation sites excluding steroid dienone is 3. The van der Waals surface area contributed by atoms with E-state index in [1.807, 2.05) is 183 Å². The van der Waals surface area contributed by atoms with Crippen LogP contribution in [0.1, 0.15) is 17.3 Å². The average Bonchev–Trinajstić information content (AvgIpc) is 3.40. The van der Waals surface area contributed by atoms with Gasteiger partial charge in [0, 0.05) is 81.2 Å². The summed E-state index contributed by atoms with van der Waals surface area (Å²) in [6.07, 6.45) is -1.63. The Morgan fingerprint density at radius 2 is 0.943 bits per heavy atom. The van der Waals surface area contributed by atoms with Crippen molar-refractivity contribution in [1.29, 1.82) is 0 Å². The Balaban J connectivity index is 0.000000174. The molecule has 0 bridgehead atoms. The summed E-state index contributed by atoms with van der Waals surface area (Å²) in [6.45, 7) is 5.83. The molecule has 1 unspecified atom stereocenters. The summed E-state index contributed by atoms with van der Waals surface area (Å²) in [5.74, 6) is -3.45. The van der Waals surface area contributed by atoms with Gasteiger partial charge in [0.1, 0.15) is 11.3 Å². The Morgan fingerprint density at radius 3 is 1.40 bits per heavy atom. The third-order valence-electron chi connectivity index (χ3n) is 11.2. The summed E-state index contributed by atoms with van der Waals surface area (Å²) in [5, 5.41) is 14.5. The van der Waals surface area contributed by atoms with E-state index in [4.69, 9.17) is 0 Å². The molecule has 0 aliphatic rings. The molecule has 9 rings (SSSR count). The molecular weight excluding hydrogens is 1060 g/mol. The topological polar surface area (TPSA) is 102 Å². The fourth-order valence-electron chi connectivity index (χ4n) is 7.89. The summed E-state index contributed by atoms with van der Waals surface area (Å²) in [7, 11) is -5.97. The number of para-hydroxylation sites is 1. The van der Waals surface area contributed by atoms with Gasteiger partial charge in [-0.15, -0.1) is 0 Å². The third kappa shape index (κ3) is 11.5. The fourth-order valence-corrected chi connectivity index (χ4v) is 13.7. The summed E-state index contributed by atoms with van der Waals surface area (Å²) >= 11 is 0. The molecule has 1 N–H and O–H groups in total. The molecule has 0 aliphatic heterocycles. The van der Waals surface area contributed by atoms with Crippen LogP contribution in [0.25, 0.3) is 33.2 Å². The van der Waals surface area contributed by atoms with Crippen molar-refractivity contribution < 1.29 is 86.0 Å². The first-order valence-electron chi connectivity index (χ1n) is 21.7. The van der Waals surface area contributed by atoms with Gasteiger partial charge in [0.05, 0.1) is 5.39 Å². The predicted molar refractivity (Wildman–Crippen MR) is 275 cm³/mol. The third-order valence-corrected chi connectivity index (χ3v) is 17.5. The number of rotatable bonds is 10. The largest absolute Gasteiger partial charge is 0.506 e. The van der Waals surface area contributed by atoms with E-state index in [9.17, 15) is 37.0 Å². The van der Waals surface area contributed by atoms with E-state index in [1.54, 1.807) is 6.08 Å². The van der Waals surface area contributed by atoms with Gasteiger partial charge in [-0.2, -0.15) is 13.2 Å². The molecule has 12 heteroatoms. The second-order valence-electron chi connectivity index (χ2n) is 15.3. The van der Waals surface area contributed by atoms with Crippen LogP contribution in [-0.4, -0.2) is 17.1 Å². The number of Topliss-reactive ketones (excluding diaryl/α,β-unsaturated/α-hetero) is 1. The second-order valence-corrected chi connectivity index (χ2v) is 20.8. The minimum absolute atomic E-state index is 0. The quantitative estimate of drug-likeness (QED) is 0.0634. The molecule has 0 spiro atoms. The minimum Gasteiger partial charge on any atom is -0.506 e. The number of benzene rings is 8. The molecule has 0 amide bonds. The van der Waals surface area contributed by atoms with Gasteiger partial charge in [-0.3, -0.25) is 4.79 Å². The van der Waals surface area contributed by atoms with Crippen LogP contribution in [0.2, 0.25) is 0 Å². The van der Waals surface area contributed by atoms with E-state index in [1.165, 1.54) is 24.3 Å². The van der Waals surface area contributed by atoms with Crippen LogP contribution in [-0.2, 0) is 9.13 Å². The summed E-state index contributed by atoms with van der Waals surface area (Å²) in [6, 6.07) is 71.0. The van der Waals surface area contributed by atoms with Crippen molar-refractivity contribution in [1.82, 2.24) is 0 Å². The Labute approximate surface area is 445 Å². The zero-order valence-corrected chi connectivity index (χ0v) is 41.8. The standard InChI is InChI=1S/C24H19OP.C23H21OP.C11H5F3O4.Eu/c25-26(21-14-6-2-7-15-21,22-16-8-3-9-17-22)24-19-11-10-18-23(24)20-12-4-1-5-13-20;1-3-20(4-2)25(24,21-15-9-6-10-16-21)23-18-12-11-17-22(23)19-13-7-5-8-14-19;12-11(13,14)9(16)7-8(15)5-3-1-2-4-6(5)18-10(7)17;/h1-19H;3-18H,1H2,2H3;1-4,15H;/b;20-4+;;. The van der Waals surface area contributed by atoms with Crippen molar-refractivity contribution in [3.05, 3.63) is 264 Å². The Hall–Kier alpha value is -6.25. The van der Waals surface area contributed by atoms with Gasteiger partial charge in [0.25, 0.3) is 5.78 Å². The first-order chi connectivity index (χ1) is 33.3. The molecular formula is C58H45EuF3O6P2. The smallest absolute Gasteiger partial charge is 0.455 e. The van der Waals surface area contributed by atoms with Crippen LogP contribution in [0.4, 0.5) is 13.2 Å². The van der Waals surface area contributed by atoms with Crippen molar-refractivity contribution in [2.75, 3.05) is 0 Å². The monoisotopic (exact) mass is 1110 g/mol. The molecule has 0 aliphatic carbocycles. The van der Waals surface area contributed by atoms with Gasteiger partial charge in [0.2, 0.25) is 0 Å². The van der Waals surface area contributed by atoms with Crippen molar-refractivity contribution in [3.63, 3.8) is 0 Å². The van der Waals surface area contributed by atoms with E-state index >= 15 is 0 Å². The molecule has 0 saturated carbocycles. The van der Waals surface area contributed by atoms with Crippen LogP contribution in [0, 0.1) is 49.4 Å². The van der Waals surface area contributed by atoms with Crippen molar-refractivity contribution in [2.45, 2.75) is 13.1 Å². The number of hydrogen-bond acceptors (Lipinski definition) is 6. The molecule has 9 aromatic rings. The van der Waals surface area contributed by atoms with Crippen LogP contribution >= 0.6 is 14.3 Å². The van der Waals surface area contributed by atoms with E-state index < -0.39 is 43.2 Å². The molecule has 8 aromatic carbocycles. The zero-order chi connectivity index (χ0) is 49.0. The van der Waals surface area contributed by atoms with Gasteiger partial charge >= 0.3 is 11.8 Å². The van der Waals surface area contributed by atoms with Gasteiger partial charge in [0.15, 0.2) is 19.8 Å². The Morgan fingerprint density at radius 1 is 0.557 bits per heavy atom. The second kappa shape index (κ2) is 24.1. The fraction of sp³-hybridized carbons (Fsp3) is 0.0345. The van der Waals surface area contributed by atoms with Crippen LogP contribution in [0.5, 0.6) is 5.75 Å². The molecule has 0 saturated heterocycles. The zero-order valence-electron chi connectivity index (χ0n) is 37.6. The Bertz CT molecular complexity index is 3360. The number of carbonyl (C=O) groups is 1. The van der Waals surface area contributed by atoms with E-state index in [0.717, 1.165) is 54.1 Å². The van der Waals surface area contributed by atoms with Gasteiger partial charge in [-0.05, 0) is 41.3 Å². The molecule has 0 fully saturated rings. The van der Waals surface area contributed by atoms with E-state index in [2.05, 4.69) is 41.3 Å². The minimum atomic E-state index is -5.26. The normalized spacial score (nSPS) is 12.1.